The molecule has 0 aromatic rings. The van der Waals surface area contributed by atoms with Crippen LogP contribution in [0.4, 0.5) is 0 Å². The maximum Gasteiger partial charge on any atom is 0.0197 e. The van der Waals surface area contributed by atoms with E-state index in [1.54, 1.807) is 0 Å². The van der Waals surface area contributed by atoms with Gasteiger partial charge in [-0.25, -0.2) is 0 Å². The van der Waals surface area contributed by atoms with E-state index in [2.05, 4.69) is 37.9 Å². The van der Waals surface area contributed by atoms with Gasteiger partial charge >= 0.3 is 0 Å². The van der Waals surface area contributed by atoms with Crippen LogP contribution in [0.1, 0.15) is 72.6 Å². The summed E-state index contributed by atoms with van der Waals surface area (Å²) in [6, 6.07) is 0.721. The minimum Gasteiger partial charge on any atom is -0.313 e. The molecular weight excluding hydrogens is 244 g/mol. The molecule has 120 valence electrons. The number of hydrogen-bond acceptors (Lipinski definition) is 2. The van der Waals surface area contributed by atoms with Gasteiger partial charge in [-0.05, 0) is 50.7 Å². The second-order valence-corrected chi connectivity index (χ2v) is 7.53. The van der Waals surface area contributed by atoms with Crippen LogP contribution in [0.5, 0.6) is 0 Å². The Labute approximate surface area is 127 Å². The number of nitrogens with zero attached hydrogens (tertiary/aromatic N) is 1. The molecule has 2 nitrogen and oxygen atoms in total. The lowest BCUT2D eigenvalue weighted by atomic mass is 10.0. The summed E-state index contributed by atoms with van der Waals surface area (Å²) in [7, 11) is 0. The van der Waals surface area contributed by atoms with E-state index in [0.29, 0.717) is 0 Å². The Kier molecular flexibility index (Phi) is 9.54. The molecule has 1 aliphatic rings. The molecule has 1 N–H and O–H groups in total. The van der Waals surface area contributed by atoms with Gasteiger partial charge in [-0.15, -0.1) is 0 Å². The minimum atomic E-state index is 0.721. The van der Waals surface area contributed by atoms with Crippen molar-refractivity contribution in [3.63, 3.8) is 0 Å². The van der Waals surface area contributed by atoms with Gasteiger partial charge < -0.3 is 10.2 Å². The highest BCUT2D eigenvalue weighted by atomic mass is 15.2. The molecule has 0 aromatic heterocycles. The fraction of sp³-hybridized carbons (Fsp3) is 1.00. The highest BCUT2D eigenvalue weighted by Gasteiger charge is 2.17. The molecule has 0 saturated carbocycles. The molecular formula is C18H38N2. The molecule has 0 aromatic carbocycles. The Morgan fingerprint density at radius 2 is 1.75 bits per heavy atom. The van der Waals surface area contributed by atoms with Crippen LogP contribution in [0.25, 0.3) is 0 Å². The predicted molar refractivity (Wildman–Crippen MR) is 90.2 cm³/mol. The molecule has 2 heteroatoms. The standard InChI is InChI=1S/C18H38N2/c1-16(2)10-7-5-6-8-12-20-13-9-11-19-18(15-20)14-17(3)4/h16-19H,5-15H2,1-4H3. The zero-order chi connectivity index (χ0) is 14.8. The lowest BCUT2D eigenvalue weighted by Crippen LogP contribution is -2.38. The molecule has 0 aliphatic carbocycles. The summed E-state index contributed by atoms with van der Waals surface area (Å²) in [6.45, 7) is 14.4. The summed E-state index contributed by atoms with van der Waals surface area (Å²) in [5.74, 6) is 1.69. The van der Waals surface area contributed by atoms with Crippen molar-refractivity contribution in [2.24, 2.45) is 11.8 Å². The van der Waals surface area contributed by atoms with E-state index in [1.165, 1.54) is 71.1 Å². The van der Waals surface area contributed by atoms with E-state index >= 15 is 0 Å². The zero-order valence-electron chi connectivity index (χ0n) is 14.5. The normalized spacial score (nSPS) is 21.6. The number of unbranched alkanes of at least 4 members (excludes halogenated alkanes) is 3. The van der Waals surface area contributed by atoms with E-state index < -0.39 is 0 Å². The third-order valence-corrected chi connectivity index (χ3v) is 4.32. The average molecular weight is 283 g/mol. The molecule has 20 heavy (non-hydrogen) atoms. The molecule has 1 aliphatic heterocycles. The number of nitrogens with one attached hydrogen (secondary N) is 1. The van der Waals surface area contributed by atoms with Crippen LogP contribution < -0.4 is 5.32 Å². The summed E-state index contributed by atoms with van der Waals surface area (Å²) >= 11 is 0. The molecule has 1 rings (SSSR count). The first-order valence-electron chi connectivity index (χ1n) is 9.03. The van der Waals surface area contributed by atoms with E-state index in [9.17, 15) is 0 Å². The quantitative estimate of drug-likeness (QED) is 0.634. The molecule has 1 atom stereocenters. The molecule has 0 radical (unpaired) electrons. The monoisotopic (exact) mass is 282 g/mol. The highest BCUT2D eigenvalue weighted by molar-refractivity contribution is 4.77. The van der Waals surface area contributed by atoms with Crippen LogP contribution in [0.3, 0.4) is 0 Å². The SMILES string of the molecule is CC(C)CCCCCCN1CCCNC(CC(C)C)C1. The number of rotatable bonds is 9. The summed E-state index contributed by atoms with van der Waals surface area (Å²) in [4.78, 5) is 2.70. The van der Waals surface area contributed by atoms with Gasteiger partial charge in [0.05, 0.1) is 0 Å². The highest BCUT2D eigenvalue weighted by Crippen LogP contribution is 2.12. The van der Waals surface area contributed by atoms with Gasteiger partial charge in [0, 0.05) is 12.6 Å². The van der Waals surface area contributed by atoms with Crippen LogP contribution in [-0.4, -0.2) is 37.1 Å². The molecule has 1 fully saturated rings. The van der Waals surface area contributed by atoms with E-state index in [-0.39, 0.29) is 0 Å². The van der Waals surface area contributed by atoms with Crippen molar-refractivity contribution in [2.75, 3.05) is 26.2 Å². The molecule has 1 saturated heterocycles. The summed E-state index contributed by atoms with van der Waals surface area (Å²) < 4.78 is 0. The summed E-state index contributed by atoms with van der Waals surface area (Å²) in [5, 5.41) is 3.72. The van der Waals surface area contributed by atoms with Gasteiger partial charge in [0.25, 0.3) is 0 Å². The van der Waals surface area contributed by atoms with Gasteiger partial charge in [-0.2, -0.15) is 0 Å². The van der Waals surface area contributed by atoms with Crippen LogP contribution in [-0.2, 0) is 0 Å². The molecule has 1 heterocycles. The van der Waals surface area contributed by atoms with Crippen LogP contribution in [0, 0.1) is 11.8 Å². The van der Waals surface area contributed by atoms with Crippen LogP contribution in [0.15, 0.2) is 0 Å². The Hall–Kier alpha value is -0.0800. The van der Waals surface area contributed by atoms with Crippen molar-refractivity contribution in [1.29, 1.82) is 0 Å². The van der Waals surface area contributed by atoms with E-state index in [1.807, 2.05) is 0 Å². The lowest BCUT2D eigenvalue weighted by Gasteiger charge is -2.25. The molecule has 0 bridgehead atoms. The first-order valence-corrected chi connectivity index (χ1v) is 9.03. The third-order valence-electron chi connectivity index (χ3n) is 4.32. The zero-order valence-corrected chi connectivity index (χ0v) is 14.5. The first-order chi connectivity index (χ1) is 9.58. The maximum absolute atomic E-state index is 3.72. The largest absolute Gasteiger partial charge is 0.313 e. The topological polar surface area (TPSA) is 15.3 Å². The van der Waals surface area contributed by atoms with Crippen molar-refractivity contribution in [1.82, 2.24) is 10.2 Å². The van der Waals surface area contributed by atoms with Crippen molar-refractivity contribution in [2.45, 2.75) is 78.7 Å². The van der Waals surface area contributed by atoms with Crippen LogP contribution >= 0.6 is 0 Å². The molecule has 0 spiro atoms. The van der Waals surface area contributed by atoms with Crippen molar-refractivity contribution in [3.8, 4) is 0 Å². The third kappa shape index (κ3) is 8.97. The Morgan fingerprint density at radius 3 is 2.45 bits per heavy atom. The molecule has 0 amide bonds. The molecule has 1 unspecified atom stereocenters. The first kappa shape index (κ1) is 18.0. The van der Waals surface area contributed by atoms with Crippen molar-refractivity contribution >= 4 is 0 Å². The fourth-order valence-corrected chi connectivity index (χ4v) is 3.25. The van der Waals surface area contributed by atoms with Crippen molar-refractivity contribution in [3.05, 3.63) is 0 Å². The van der Waals surface area contributed by atoms with Crippen molar-refractivity contribution < 1.29 is 0 Å². The Balaban J connectivity index is 2.11. The minimum absolute atomic E-state index is 0.721. The van der Waals surface area contributed by atoms with E-state index in [0.717, 1.165) is 17.9 Å². The second-order valence-electron chi connectivity index (χ2n) is 7.53. The number of hydrogen-bond donors (Lipinski definition) is 1. The Bertz CT molecular complexity index is 225. The van der Waals surface area contributed by atoms with Gasteiger partial charge in [0.2, 0.25) is 0 Å². The second kappa shape index (κ2) is 10.6. The predicted octanol–water partition coefficient (Wildman–Crippen LogP) is 4.30. The summed E-state index contributed by atoms with van der Waals surface area (Å²) in [5.41, 5.74) is 0. The van der Waals surface area contributed by atoms with Gasteiger partial charge in [-0.3, -0.25) is 0 Å². The summed E-state index contributed by atoms with van der Waals surface area (Å²) in [6.07, 6.45) is 9.73. The lowest BCUT2D eigenvalue weighted by molar-refractivity contribution is 0.249. The smallest absolute Gasteiger partial charge is 0.0197 e. The average Bonchev–Trinajstić information content (AvgIpc) is 2.58. The van der Waals surface area contributed by atoms with Crippen LogP contribution in [0.2, 0.25) is 0 Å². The van der Waals surface area contributed by atoms with E-state index in [4.69, 9.17) is 0 Å². The van der Waals surface area contributed by atoms with Gasteiger partial charge in [0.1, 0.15) is 0 Å². The fourth-order valence-electron chi connectivity index (χ4n) is 3.25. The van der Waals surface area contributed by atoms with Gasteiger partial charge in [0.15, 0.2) is 0 Å². The van der Waals surface area contributed by atoms with Gasteiger partial charge in [-0.1, -0.05) is 53.4 Å². The Morgan fingerprint density at radius 1 is 1.00 bits per heavy atom. The maximum atomic E-state index is 3.72.